The molecule has 0 fully saturated rings. The monoisotopic (exact) mass is 217 g/mol. The average molecular weight is 217 g/mol. The molecule has 0 aliphatic carbocycles. The first-order valence-electron chi connectivity index (χ1n) is 4.39. The van der Waals surface area contributed by atoms with Crippen LogP contribution in [0.2, 0.25) is 0 Å². The van der Waals surface area contributed by atoms with Gasteiger partial charge in [-0.25, -0.2) is 4.39 Å². The molecule has 0 saturated carbocycles. The molecule has 0 radical (unpaired) electrons. The van der Waals surface area contributed by atoms with Gasteiger partial charge in [0.05, 0.1) is 14.2 Å². The molecule has 1 aromatic carbocycles. The van der Waals surface area contributed by atoms with E-state index >= 15 is 0 Å². The van der Waals surface area contributed by atoms with Gasteiger partial charge >= 0.3 is 0 Å². The Hall–Kier alpha value is -1.36. The molecule has 0 aliphatic heterocycles. The van der Waals surface area contributed by atoms with Gasteiger partial charge in [0.1, 0.15) is 0 Å². The lowest BCUT2D eigenvalue weighted by atomic mass is 10.1. The molecule has 0 saturated heterocycles. The van der Waals surface area contributed by atoms with E-state index in [0.717, 1.165) is 6.07 Å². The maximum absolute atomic E-state index is 13.3. The molecule has 0 bridgehead atoms. The summed E-state index contributed by atoms with van der Waals surface area (Å²) in [6.07, 6.45) is 0. The second-order valence-electron chi connectivity index (χ2n) is 2.93. The summed E-state index contributed by atoms with van der Waals surface area (Å²) in [5, 5.41) is 2.83. The minimum atomic E-state index is -1.03. The zero-order chi connectivity index (χ0) is 11.4. The highest BCUT2D eigenvalue weighted by molar-refractivity contribution is 5.48. The van der Waals surface area contributed by atoms with E-state index in [1.807, 2.05) is 0 Å². The summed E-state index contributed by atoms with van der Waals surface area (Å²) in [5.74, 6) is -1.97. The van der Waals surface area contributed by atoms with E-state index in [1.165, 1.54) is 14.2 Å². The number of benzene rings is 1. The van der Waals surface area contributed by atoms with Crippen LogP contribution < -0.4 is 14.8 Å². The minimum Gasteiger partial charge on any atom is -0.492 e. The Morgan fingerprint density at radius 3 is 2.27 bits per heavy atom. The molecular formula is C10H13F2NO2. The Morgan fingerprint density at radius 1 is 1.20 bits per heavy atom. The Labute approximate surface area is 87.0 Å². The molecule has 5 heteroatoms. The summed E-state index contributed by atoms with van der Waals surface area (Å²) < 4.78 is 36.1. The van der Waals surface area contributed by atoms with Gasteiger partial charge < -0.3 is 14.8 Å². The zero-order valence-corrected chi connectivity index (χ0v) is 8.86. The summed E-state index contributed by atoms with van der Waals surface area (Å²) in [7, 11) is 4.35. The normalized spacial score (nSPS) is 10.2. The number of halogens is 2. The number of methoxy groups -OCH3 is 2. The van der Waals surface area contributed by atoms with E-state index in [0.29, 0.717) is 12.1 Å². The maximum Gasteiger partial charge on any atom is 0.204 e. The van der Waals surface area contributed by atoms with Gasteiger partial charge in [-0.3, -0.25) is 0 Å². The highest BCUT2D eigenvalue weighted by Crippen LogP contribution is 2.35. The lowest BCUT2D eigenvalue weighted by Gasteiger charge is -2.13. The van der Waals surface area contributed by atoms with Gasteiger partial charge in [-0.05, 0) is 13.1 Å². The predicted octanol–water partition coefficient (Wildman–Crippen LogP) is 1.70. The van der Waals surface area contributed by atoms with Crippen molar-refractivity contribution in [3.63, 3.8) is 0 Å². The average Bonchev–Trinajstić information content (AvgIpc) is 2.23. The maximum atomic E-state index is 13.3. The summed E-state index contributed by atoms with van der Waals surface area (Å²) in [6, 6.07) is 1.09. The molecule has 0 atom stereocenters. The fourth-order valence-corrected chi connectivity index (χ4v) is 1.36. The Bertz CT molecular complexity index is 356. The van der Waals surface area contributed by atoms with E-state index in [2.05, 4.69) is 5.32 Å². The topological polar surface area (TPSA) is 30.5 Å². The number of ether oxygens (including phenoxy) is 2. The molecule has 15 heavy (non-hydrogen) atoms. The van der Waals surface area contributed by atoms with Gasteiger partial charge in [-0.2, -0.15) is 4.39 Å². The number of hydrogen-bond acceptors (Lipinski definition) is 3. The van der Waals surface area contributed by atoms with Crippen molar-refractivity contribution in [2.24, 2.45) is 0 Å². The third-order valence-corrected chi connectivity index (χ3v) is 1.98. The van der Waals surface area contributed by atoms with Gasteiger partial charge in [-0.1, -0.05) is 0 Å². The Balaban J connectivity index is 3.33. The highest BCUT2D eigenvalue weighted by atomic mass is 19.2. The smallest absolute Gasteiger partial charge is 0.204 e. The van der Waals surface area contributed by atoms with Crippen LogP contribution in [0.5, 0.6) is 11.5 Å². The molecule has 1 aromatic rings. The van der Waals surface area contributed by atoms with Crippen molar-refractivity contribution in [2.45, 2.75) is 6.54 Å². The molecule has 0 unspecified atom stereocenters. The number of rotatable bonds is 4. The standard InChI is InChI=1S/C10H13F2NO2/c1-13-5-6-4-7(11)8(12)10(15-3)9(6)14-2/h4,13H,5H2,1-3H3. The summed E-state index contributed by atoms with van der Waals surface area (Å²) in [5.41, 5.74) is 0.510. The molecule has 84 valence electrons. The van der Waals surface area contributed by atoms with E-state index in [-0.39, 0.29) is 11.5 Å². The van der Waals surface area contributed by atoms with Crippen molar-refractivity contribution >= 4 is 0 Å². The van der Waals surface area contributed by atoms with E-state index in [1.54, 1.807) is 7.05 Å². The molecule has 0 spiro atoms. The van der Waals surface area contributed by atoms with Gasteiger partial charge in [0.15, 0.2) is 17.3 Å². The number of hydrogen-bond donors (Lipinski definition) is 1. The van der Waals surface area contributed by atoms with Crippen molar-refractivity contribution in [1.82, 2.24) is 5.32 Å². The minimum absolute atomic E-state index is 0.206. The van der Waals surface area contributed by atoms with Crippen LogP contribution in [-0.2, 0) is 6.54 Å². The SMILES string of the molecule is CNCc1cc(F)c(F)c(OC)c1OC. The molecule has 0 aliphatic rings. The van der Waals surface area contributed by atoms with Crippen LogP contribution in [0.4, 0.5) is 8.78 Å². The van der Waals surface area contributed by atoms with Crippen molar-refractivity contribution in [3.8, 4) is 11.5 Å². The molecule has 0 heterocycles. The molecule has 3 nitrogen and oxygen atoms in total. The molecule has 0 amide bonds. The van der Waals surface area contributed by atoms with Crippen LogP contribution in [-0.4, -0.2) is 21.3 Å². The lowest BCUT2D eigenvalue weighted by molar-refractivity contribution is 0.325. The summed E-state index contributed by atoms with van der Waals surface area (Å²) >= 11 is 0. The van der Waals surface area contributed by atoms with E-state index in [9.17, 15) is 8.78 Å². The first-order chi connectivity index (χ1) is 7.15. The molecule has 1 N–H and O–H groups in total. The van der Waals surface area contributed by atoms with Crippen LogP contribution in [0.15, 0.2) is 6.07 Å². The van der Waals surface area contributed by atoms with Crippen molar-refractivity contribution in [3.05, 3.63) is 23.3 Å². The fraction of sp³-hybridized carbons (Fsp3) is 0.400. The quantitative estimate of drug-likeness (QED) is 0.832. The van der Waals surface area contributed by atoms with Gasteiger partial charge in [-0.15, -0.1) is 0 Å². The first-order valence-corrected chi connectivity index (χ1v) is 4.39. The van der Waals surface area contributed by atoms with Gasteiger partial charge in [0.25, 0.3) is 0 Å². The van der Waals surface area contributed by atoms with E-state index < -0.39 is 11.6 Å². The second kappa shape index (κ2) is 4.93. The van der Waals surface area contributed by atoms with Crippen LogP contribution in [0.3, 0.4) is 0 Å². The van der Waals surface area contributed by atoms with Crippen LogP contribution in [0, 0.1) is 11.6 Å². The third kappa shape index (κ3) is 2.18. The number of nitrogens with one attached hydrogen (secondary N) is 1. The fourth-order valence-electron chi connectivity index (χ4n) is 1.36. The van der Waals surface area contributed by atoms with Crippen molar-refractivity contribution < 1.29 is 18.3 Å². The Morgan fingerprint density at radius 2 is 1.80 bits per heavy atom. The lowest BCUT2D eigenvalue weighted by Crippen LogP contribution is -2.09. The van der Waals surface area contributed by atoms with Crippen LogP contribution in [0.1, 0.15) is 5.56 Å². The molecule has 1 rings (SSSR count). The summed E-state index contributed by atoms with van der Waals surface area (Å²) in [6.45, 7) is 0.372. The summed E-state index contributed by atoms with van der Waals surface area (Å²) in [4.78, 5) is 0. The van der Waals surface area contributed by atoms with Gasteiger partial charge in [0.2, 0.25) is 5.82 Å². The van der Waals surface area contributed by atoms with E-state index in [4.69, 9.17) is 9.47 Å². The zero-order valence-electron chi connectivity index (χ0n) is 8.86. The third-order valence-electron chi connectivity index (χ3n) is 1.98. The highest BCUT2D eigenvalue weighted by Gasteiger charge is 2.19. The van der Waals surface area contributed by atoms with Crippen molar-refractivity contribution in [1.29, 1.82) is 0 Å². The molecule has 0 aromatic heterocycles. The first kappa shape index (κ1) is 11.7. The van der Waals surface area contributed by atoms with Gasteiger partial charge in [0, 0.05) is 12.1 Å². The van der Waals surface area contributed by atoms with Crippen LogP contribution >= 0.6 is 0 Å². The van der Waals surface area contributed by atoms with Crippen molar-refractivity contribution in [2.75, 3.05) is 21.3 Å². The molecular weight excluding hydrogens is 204 g/mol. The van der Waals surface area contributed by atoms with Crippen LogP contribution in [0.25, 0.3) is 0 Å². The largest absolute Gasteiger partial charge is 0.492 e. The second-order valence-corrected chi connectivity index (χ2v) is 2.93. The predicted molar refractivity (Wildman–Crippen MR) is 52.2 cm³/mol. The Kier molecular flexibility index (Phi) is 3.85.